The van der Waals surface area contributed by atoms with Crippen molar-refractivity contribution in [2.45, 2.75) is 13.5 Å². The fraction of sp³-hybridized carbons (Fsp3) is 0.250. The molecule has 0 amide bonds. The quantitative estimate of drug-likeness (QED) is 0.569. The largest absolute Gasteiger partial charge is 0.314 e. The molecule has 0 radical (unpaired) electrons. The lowest BCUT2D eigenvalue weighted by Crippen LogP contribution is -2.26. The van der Waals surface area contributed by atoms with Crippen LogP contribution in [0.15, 0.2) is 53.6 Å². The lowest BCUT2D eigenvalue weighted by Gasteiger charge is -2.12. The molecule has 4 rings (SSSR count). The van der Waals surface area contributed by atoms with E-state index < -0.39 is 0 Å². The molecule has 0 bridgehead atoms. The van der Waals surface area contributed by atoms with Crippen molar-refractivity contribution in [2.24, 2.45) is 0 Å². The van der Waals surface area contributed by atoms with Gasteiger partial charge >= 0.3 is 0 Å². The molecule has 4 aromatic rings. The number of hydrogen-bond donors (Lipinski definition) is 0. The summed E-state index contributed by atoms with van der Waals surface area (Å²) in [6, 6.07) is 12.0. The van der Waals surface area contributed by atoms with Gasteiger partial charge in [-0.05, 0) is 32.6 Å². The highest BCUT2D eigenvalue weighted by atomic mass is 16.1. The molecule has 0 spiro atoms. The first kappa shape index (κ1) is 16.5. The van der Waals surface area contributed by atoms with Crippen LogP contribution < -0.4 is 5.56 Å². The Morgan fingerprint density at radius 1 is 1.12 bits per heavy atom. The molecular formula is C20H21N5O. The fourth-order valence-electron chi connectivity index (χ4n) is 3.24. The van der Waals surface area contributed by atoms with Crippen LogP contribution >= 0.6 is 0 Å². The molecule has 6 nitrogen and oxygen atoms in total. The van der Waals surface area contributed by atoms with E-state index >= 15 is 0 Å². The maximum absolute atomic E-state index is 12.8. The minimum atomic E-state index is -0.0341. The van der Waals surface area contributed by atoms with Gasteiger partial charge in [-0.25, -0.2) is 9.50 Å². The van der Waals surface area contributed by atoms with Crippen LogP contribution in [0.2, 0.25) is 0 Å². The molecule has 0 unspecified atom stereocenters. The number of likely N-dealkylation sites (N-methyl/N-ethyl adjacent to an activating group) is 1. The van der Waals surface area contributed by atoms with E-state index in [1.165, 1.54) is 0 Å². The van der Waals surface area contributed by atoms with Crippen molar-refractivity contribution in [1.82, 2.24) is 24.1 Å². The Morgan fingerprint density at radius 2 is 1.88 bits per heavy atom. The minimum Gasteiger partial charge on any atom is -0.314 e. The van der Waals surface area contributed by atoms with Crippen LogP contribution in [0.1, 0.15) is 5.69 Å². The molecule has 0 fully saturated rings. The summed E-state index contributed by atoms with van der Waals surface area (Å²) in [4.78, 5) is 19.4. The van der Waals surface area contributed by atoms with Gasteiger partial charge in [-0.3, -0.25) is 4.79 Å². The van der Waals surface area contributed by atoms with Gasteiger partial charge in [-0.15, -0.1) is 0 Å². The number of aromatic nitrogens is 4. The van der Waals surface area contributed by atoms with Crippen molar-refractivity contribution in [2.75, 3.05) is 20.6 Å². The number of nitrogens with zero attached hydrogens (tertiary/aromatic N) is 5. The number of aryl methyl sites for hydroxylation is 1. The summed E-state index contributed by atoms with van der Waals surface area (Å²) in [6.07, 6.45) is 3.51. The summed E-state index contributed by atoms with van der Waals surface area (Å²) in [5.74, 6) is 0. The van der Waals surface area contributed by atoms with Gasteiger partial charge < -0.3 is 9.47 Å². The summed E-state index contributed by atoms with van der Waals surface area (Å²) >= 11 is 0. The molecule has 26 heavy (non-hydrogen) atoms. The zero-order valence-electron chi connectivity index (χ0n) is 15.2. The van der Waals surface area contributed by atoms with E-state index in [0.29, 0.717) is 11.9 Å². The van der Waals surface area contributed by atoms with Gasteiger partial charge in [0, 0.05) is 31.0 Å². The van der Waals surface area contributed by atoms with Crippen molar-refractivity contribution >= 4 is 16.6 Å². The Morgan fingerprint density at radius 3 is 2.62 bits per heavy atom. The molecular weight excluding hydrogens is 326 g/mol. The predicted octanol–water partition coefficient (Wildman–Crippen LogP) is 2.58. The second-order valence-corrected chi connectivity index (χ2v) is 6.74. The van der Waals surface area contributed by atoms with Gasteiger partial charge in [0.15, 0.2) is 5.65 Å². The van der Waals surface area contributed by atoms with Crippen molar-refractivity contribution in [3.05, 3.63) is 64.8 Å². The second-order valence-electron chi connectivity index (χ2n) is 6.74. The lowest BCUT2D eigenvalue weighted by atomic mass is 10.1. The summed E-state index contributed by atoms with van der Waals surface area (Å²) in [6.45, 7) is 3.43. The first-order chi connectivity index (χ1) is 12.6. The molecule has 0 N–H and O–H groups in total. The summed E-state index contributed by atoms with van der Waals surface area (Å²) in [5.41, 5.74) is 4.50. The maximum atomic E-state index is 12.8. The average Bonchev–Trinajstić information content (AvgIpc) is 2.98. The molecule has 0 aliphatic rings. The van der Waals surface area contributed by atoms with E-state index in [1.807, 2.05) is 51.5 Å². The molecule has 0 saturated heterocycles. The average molecular weight is 347 g/mol. The van der Waals surface area contributed by atoms with Crippen molar-refractivity contribution in [1.29, 1.82) is 0 Å². The Balaban J connectivity index is 1.92. The summed E-state index contributed by atoms with van der Waals surface area (Å²) < 4.78 is 3.51. The van der Waals surface area contributed by atoms with Crippen LogP contribution in [0.5, 0.6) is 0 Å². The first-order valence-corrected chi connectivity index (χ1v) is 8.64. The highest BCUT2D eigenvalue weighted by Gasteiger charge is 2.16. The normalized spacial score (nSPS) is 11.7. The van der Waals surface area contributed by atoms with Crippen LogP contribution in [0.4, 0.5) is 0 Å². The van der Waals surface area contributed by atoms with Gasteiger partial charge in [-0.1, -0.05) is 30.3 Å². The minimum absolute atomic E-state index is 0.0341. The smallest absolute Gasteiger partial charge is 0.261 e. The molecule has 132 valence electrons. The highest BCUT2D eigenvalue weighted by molar-refractivity contribution is 5.86. The SMILES string of the molecule is Cc1nn2c(ncc3c(=O)n(CCN(C)C)ccc32)c1-c1ccccc1. The van der Waals surface area contributed by atoms with Crippen LogP contribution in [-0.4, -0.2) is 44.7 Å². The highest BCUT2D eigenvalue weighted by Crippen LogP contribution is 2.28. The number of pyridine rings is 1. The molecule has 3 heterocycles. The van der Waals surface area contributed by atoms with Crippen molar-refractivity contribution < 1.29 is 0 Å². The summed E-state index contributed by atoms with van der Waals surface area (Å²) in [7, 11) is 3.99. The van der Waals surface area contributed by atoms with Gasteiger partial charge in [-0.2, -0.15) is 5.10 Å². The molecule has 3 aromatic heterocycles. The topological polar surface area (TPSA) is 55.4 Å². The zero-order valence-corrected chi connectivity index (χ0v) is 15.2. The van der Waals surface area contributed by atoms with Gasteiger partial charge in [0.2, 0.25) is 0 Å². The third-order valence-electron chi connectivity index (χ3n) is 4.61. The number of rotatable bonds is 4. The van der Waals surface area contributed by atoms with Gasteiger partial charge in [0.05, 0.1) is 16.6 Å². The Bertz CT molecular complexity index is 1140. The third kappa shape index (κ3) is 2.68. The van der Waals surface area contributed by atoms with Crippen LogP contribution in [0.3, 0.4) is 0 Å². The van der Waals surface area contributed by atoms with E-state index in [1.54, 1.807) is 15.3 Å². The van der Waals surface area contributed by atoms with E-state index in [2.05, 4.69) is 27.1 Å². The molecule has 6 heteroatoms. The summed E-state index contributed by atoms with van der Waals surface area (Å²) in [5, 5.41) is 5.24. The zero-order chi connectivity index (χ0) is 18.3. The lowest BCUT2D eigenvalue weighted by molar-refractivity contribution is 0.381. The van der Waals surface area contributed by atoms with E-state index in [9.17, 15) is 4.79 Å². The Hall–Kier alpha value is -2.99. The third-order valence-corrected chi connectivity index (χ3v) is 4.61. The van der Waals surface area contributed by atoms with E-state index in [0.717, 1.165) is 34.5 Å². The van der Waals surface area contributed by atoms with Gasteiger partial charge in [0.25, 0.3) is 5.56 Å². The van der Waals surface area contributed by atoms with E-state index in [4.69, 9.17) is 0 Å². The van der Waals surface area contributed by atoms with E-state index in [-0.39, 0.29) is 5.56 Å². The number of hydrogen-bond acceptors (Lipinski definition) is 4. The second kappa shape index (κ2) is 6.38. The maximum Gasteiger partial charge on any atom is 0.261 e. The molecule has 0 saturated carbocycles. The van der Waals surface area contributed by atoms with Gasteiger partial charge in [0.1, 0.15) is 0 Å². The predicted molar refractivity (Wildman–Crippen MR) is 103 cm³/mol. The standard InChI is InChI=1S/C20H21N5O/c1-14-18(15-7-5-4-6-8-15)19-21-13-16-17(25(19)22-14)9-10-24(20(16)26)12-11-23(2)3/h4-10,13H,11-12H2,1-3H3. The monoisotopic (exact) mass is 347 g/mol. The number of fused-ring (bicyclic) bond motifs is 3. The van der Waals surface area contributed by atoms with Crippen LogP contribution in [0, 0.1) is 6.92 Å². The van der Waals surface area contributed by atoms with Crippen LogP contribution in [0.25, 0.3) is 27.7 Å². The van der Waals surface area contributed by atoms with Crippen molar-refractivity contribution in [3.8, 4) is 11.1 Å². The first-order valence-electron chi connectivity index (χ1n) is 8.64. The van der Waals surface area contributed by atoms with Crippen molar-refractivity contribution in [3.63, 3.8) is 0 Å². The number of benzene rings is 1. The van der Waals surface area contributed by atoms with Crippen LogP contribution in [-0.2, 0) is 6.54 Å². The Kier molecular flexibility index (Phi) is 4.05. The fourth-order valence-corrected chi connectivity index (χ4v) is 3.24. The molecule has 0 aliphatic heterocycles. The molecule has 0 atom stereocenters. The Labute approximate surface area is 151 Å². The molecule has 0 aliphatic carbocycles. The molecule has 1 aromatic carbocycles.